The van der Waals surface area contributed by atoms with E-state index < -0.39 is 0 Å². The molecule has 0 saturated heterocycles. The monoisotopic (exact) mass is 408 g/mol. The Morgan fingerprint density at radius 2 is 2.28 bits per heavy atom. The zero-order valence-corrected chi connectivity index (χ0v) is 16.8. The van der Waals surface area contributed by atoms with E-state index >= 15 is 0 Å². The molecule has 1 saturated carbocycles. The zero-order valence-electron chi connectivity index (χ0n) is 16.0. The van der Waals surface area contributed by atoms with Gasteiger partial charge in [-0.15, -0.1) is 0 Å². The Morgan fingerprint density at radius 1 is 1.41 bits per heavy atom. The van der Waals surface area contributed by atoms with Crippen LogP contribution < -0.4 is 10.1 Å². The number of pyridine rings is 1. The van der Waals surface area contributed by atoms with E-state index in [1.807, 2.05) is 42.0 Å². The van der Waals surface area contributed by atoms with E-state index in [1.165, 1.54) is 0 Å². The zero-order chi connectivity index (χ0) is 20.4. The van der Waals surface area contributed by atoms with Crippen molar-refractivity contribution >= 4 is 29.5 Å². The Hall–Kier alpha value is -3.12. The Labute approximate surface area is 174 Å². The number of hydrogen-bond donors (Lipinski definition) is 1. The fourth-order valence-electron chi connectivity index (χ4n) is 3.34. The van der Waals surface area contributed by atoms with Crippen molar-refractivity contribution in [3.05, 3.63) is 77.5 Å². The lowest BCUT2D eigenvalue weighted by Crippen LogP contribution is -2.15. The number of carbonyl (C=O) groups excluding carboxylic acids is 1. The van der Waals surface area contributed by atoms with Crippen molar-refractivity contribution in [2.45, 2.75) is 25.9 Å². The molecular weight excluding hydrogens is 388 g/mol. The van der Waals surface area contributed by atoms with Gasteiger partial charge in [0.25, 0.3) is 0 Å². The summed E-state index contributed by atoms with van der Waals surface area (Å²) >= 11 is 6.05. The van der Waals surface area contributed by atoms with Gasteiger partial charge in [-0.25, -0.2) is 9.97 Å². The molecule has 3 aromatic rings. The van der Waals surface area contributed by atoms with E-state index in [4.69, 9.17) is 16.3 Å². The number of carbonyl (C=O) groups is 1. The largest absolute Gasteiger partial charge is 0.487 e. The molecule has 1 amide bonds. The van der Waals surface area contributed by atoms with Crippen molar-refractivity contribution in [3.63, 3.8) is 0 Å². The van der Waals surface area contributed by atoms with Gasteiger partial charge in [0.05, 0.1) is 5.69 Å². The summed E-state index contributed by atoms with van der Waals surface area (Å²) in [6.07, 6.45) is 5.99. The third kappa shape index (κ3) is 4.49. The summed E-state index contributed by atoms with van der Waals surface area (Å²) < 4.78 is 7.63. The molecule has 0 spiro atoms. The Morgan fingerprint density at radius 3 is 3.03 bits per heavy atom. The van der Waals surface area contributed by atoms with Gasteiger partial charge in [0.15, 0.2) is 0 Å². The number of hydrogen-bond acceptors (Lipinski definition) is 4. The highest BCUT2D eigenvalue weighted by Crippen LogP contribution is 2.48. The van der Waals surface area contributed by atoms with Crippen molar-refractivity contribution in [2.24, 2.45) is 5.92 Å². The molecule has 1 fully saturated rings. The summed E-state index contributed by atoms with van der Waals surface area (Å²) in [6, 6.07) is 11.1. The van der Waals surface area contributed by atoms with Crippen LogP contribution in [0.2, 0.25) is 5.02 Å². The molecular formula is C22H21ClN4O2. The molecule has 0 radical (unpaired) electrons. The highest BCUT2D eigenvalue weighted by atomic mass is 35.5. The maximum atomic E-state index is 12.6. The van der Waals surface area contributed by atoms with E-state index in [0.29, 0.717) is 23.2 Å². The second-order valence-electron chi connectivity index (χ2n) is 7.03. The summed E-state index contributed by atoms with van der Waals surface area (Å²) in [7, 11) is 0. The normalized spacial score (nSPS) is 17.6. The molecule has 2 aromatic heterocycles. The first-order valence-electron chi connectivity index (χ1n) is 9.35. The minimum atomic E-state index is -0.0642. The summed E-state index contributed by atoms with van der Waals surface area (Å²) in [5.41, 5.74) is 1.89. The highest BCUT2D eigenvalue weighted by molar-refractivity contribution is 6.30. The Balaban J connectivity index is 1.35. The lowest BCUT2D eigenvalue weighted by atomic mass is 10.1. The predicted molar refractivity (Wildman–Crippen MR) is 113 cm³/mol. The molecule has 7 heteroatoms. The number of ether oxygens (including phenoxy) is 1. The molecule has 29 heavy (non-hydrogen) atoms. The van der Waals surface area contributed by atoms with Gasteiger partial charge in [-0.2, -0.15) is 0 Å². The summed E-state index contributed by atoms with van der Waals surface area (Å²) in [5.74, 6) is 2.03. The van der Waals surface area contributed by atoms with Crippen LogP contribution in [-0.2, 0) is 11.4 Å². The van der Waals surface area contributed by atoms with Gasteiger partial charge < -0.3 is 14.6 Å². The lowest BCUT2D eigenvalue weighted by Gasteiger charge is -2.08. The number of imidazole rings is 1. The first-order chi connectivity index (χ1) is 14.0. The summed E-state index contributed by atoms with van der Waals surface area (Å²) in [6.45, 7) is 5.96. The number of aromatic nitrogens is 3. The molecule has 6 nitrogen and oxygen atoms in total. The van der Waals surface area contributed by atoms with E-state index in [9.17, 15) is 4.79 Å². The van der Waals surface area contributed by atoms with Gasteiger partial charge in [0.1, 0.15) is 24.0 Å². The molecule has 148 valence electrons. The SMILES string of the molecule is C=Cn1cc(COc2ccnc(NC(=O)[C@H]3C[C@@H]3c3cccc(Cl)c3)c2)nc1C. The van der Waals surface area contributed by atoms with Crippen molar-refractivity contribution in [1.82, 2.24) is 14.5 Å². The van der Waals surface area contributed by atoms with Crippen LogP contribution in [0.25, 0.3) is 6.20 Å². The maximum absolute atomic E-state index is 12.6. The van der Waals surface area contributed by atoms with Crippen molar-refractivity contribution in [1.29, 1.82) is 0 Å². The fourth-order valence-corrected chi connectivity index (χ4v) is 3.54. The second kappa shape index (κ2) is 8.09. The first-order valence-corrected chi connectivity index (χ1v) is 9.73. The van der Waals surface area contributed by atoms with E-state index in [0.717, 1.165) is 23.5 Å². The van der Waals surface area contributed by atoms with E-state index in [2.05, 4.69) is 21.9 Å². The topological polar surface area (TPSA) is 69.0 Å². The molecule has 1 aliphatic rings. The average Bonchev–Trinajstić information content (AvgIpc) is 3.43. The number of nitrogens with zero attached hydrogens (tertiary/aromatic N) is 3. The van der Waals surface area contributed by atoms with E-state index in [1.54, 1.807) is 24.5 Å². The van der Waals surface area contributed by atoms with E-state index in [-0.39, 0.29) is 17.7 Å². The van der Waals surface area contributed by atoms with Crippen molar-refractivity contribution in [2.75, 3.05) is 5.32 Å². The van der Waals surface area contributed by atoms with Crippen LogP contribution in [0.1, 0.15) is 29.4 Å². The third-order valence-corrected chi connectivity index (χ3v) is 5.17. The smallest absolute Gasteiger partial charge is 0.229 e. The highest BCUT2D eigenvalue weighted by Gasteiger charge is 2.44. The standard InChI is InChI=1S/C22H21ClN4O2/c1-3-27-12-17(25-14(27)2)13-29-18-7-8-24-21(10-18)26-22(28)20-11-19(20)15-5-4-6-16(23)9-15/h3-10,12,19-20H,1,11,13H2,2H3,(H,24,26,28)/t19-,20+/m1/s1. The third-order valence-electron chi connectivity index (χ3n) is 4.94. The summed E-state index contributed by atoms with van der Waals surface area (Å²) in [5, 5.41) is 3.57. The van der Waals surface area contributed by atoms with Gasteiger partial charge in [0.2, 0.25) is 5.91 Å². The number of halogens is 1. The molecule has 1 aliphatic carbocycles. The number of anilines is 1. The molecule has 4 rings (SSSR count). The quantitative estimate of drug-likeness (QED) is 0.617. The predicted octanol–water partition coefficient (Wildman–Crippen LogP) is 4.66. The first kappa shape index (κ1) is 19.2. The number of nitrogens with one attached hydrogen (secondary N) is 1. The number of benzene rings is 1. The maximum Gasteiger partial charge on any atom is 0.229 e. The molecule has 0 unspecified atom stereocenters. The van der Waals surface area contributed by atoms with Gasteiger partial charge in [-0.05, 0) is 43.0 Å². The minimum Gasteiger partial charge on any atom is -0.487 e. The molecule has 1 aromatic carbocycles. The van der Waals surface area contributed by atoms with Crippen LogP contribution in [0.4, 0.5) is 5.82 Å². The van der Waals surface area contributed by atoms with Crippen LogP contribution >= 0.6 is 11.6 Å². The van der Waals surface area contributed by atoms with Crippen LogP contribution in [0.3, 0.4) is 0 Å². The van der Waals surface area contributed by atoms with Crippen LogP contribution in [-0.4, -0.2) is 20.4 Å². The number of amides is 1. The average molecular weight is 409 g/mol. The summed E-state index contributed by atoms with van der Waals surface area (Å²) in [4.78, 5) is 21.2. The number of rotatable bonds is 7. The lowest BCUT2D eigenvalue weighted by molar-refractivity contribution is -0.117. The van der Waals surface area contributed by atoms with Gasteiger partial charge in [-0.3, -0.25) is 4.79 Å². The molecule has 2 heterocycles. The molecule has 1 N–H and O–H groups in total. The Kier molecular flexibility index (Phi) is 5.36. The minimum absolute atomic E-state index is 0.0417. The van der Waals surface area contributed by atoms with Crippen LogP contribution in [0.15, 0.2) is 55.4 Å². The second-order valence-corrected chi connectivity index (χ2v) is 7.46. The van der Waals surface area contributed by atoms with Crippen LogP contribution in [0, 0.1) is 12.8 Å². The van der Waals surface area contributed by atoms with Gasteiger partial charge >= 0.3 is 0 Å². The van der Waals surface area contributed by atoms with Gasteiger partial charge in [-0.1, -0.05) is 30.3 Å². The van der Waals surface area contributed by atoms with Gasteiger partial charge in [0, 0.05) is 35.6 Å². The molecule has 0 aliphatic heterocycles. The molecule has 2 atom stereocenters. The fraction of sp³-hybridized carbons (Fsp3) is 0.227. The van der Waals surface area contributed by atoms with Crippen molar-refractivity contribution in [3.8, 4) is 5.75 Å². The molecule has 0 bridgehead atoms. The van der Waals surface area contributed by atoms with Crippen molar-refractivity contribution < 1.29 is 9.53 Å². The van der Waals surface area contributed by atoms with Crippen LogP contribution in [0.5, 0.6) is 5.75 Å². The number of aryl methyl sites for hydroxylation is 1. The Bertz CT molecular complexity index is 1060.